The molecule has 2 aliphatic heterocycles. The van der Waals surface area contributed by atoms with Gasteiger partial charge in [-0.1, -0.05) is 12.1 Å². The van der Waals surface area contributed by atoms with Crippen molar-refractivity contribution in [1.82, 2.24) is 15.3 Å². The quantitative estimate of drug-likeness (QED) is 0.787. The number of rotatable bonds is 5. The van der Waals surface area contributed by atoms with Crippen molar-refractivity contribution in [1.29, 1.82) is 0 Å². The first kappa shape index (κ1) is 20.9. The number of halogens is 1. The number of benzene rings is 1. The lowest BCUT2D eigenvalue weighted by Gasteiger charge is -2.33. The summed E-state index contributed by atoms with van der Waals surface area (Å²) in [6.07, 6.45) is 3.24. The Balaban J connectivity index is 1.31. The second-order valence-corrected chi connectivity index (χ2v) is 9.10. The van der Waals surface area contributed by atoms with Crippen LogP contribution < -0.4 is 15.1 Å². The fourth-order valence-electron chi connectivity index (χ4n) is 4.01. The Morgan fingerprint density at radius 1 is 1.07 bits per heavy atom. The van der Waals surface area contributed by atoms with E-state index in [-0.39, 0.29) is 23.7 Å². The van der Waals surface area contributed by atoms with E-state index >= 15 is 0 Å². The summed E-state index contributed by atoms with van der Waals surface area (Å²) in [5.74, 6) is 4.00. The molecule has 2 aromatic rings. The second kappa shape index (κ2) is 9.64. The number of carbonyl (C=O) groups is 1. The van der Waals surface area contributed by atoms with E-state index in [0.717, 1.165) is 67.7 Å². The maximum absolute atomic E-state index is 13.1. The maximum atomic E-state index is 13.1. The van der Waals surface area contributed by atoms with Gasteiger partial charge in [-0.25, -0.2) is 14.4 Å². The molecule has 0 radical (unpaired) electrons. The number of piperidine rings is 1. The van der Waals surface area contributed by atoms with Crippen molar-refractivity contribution in [2.75, 3.05) is 47.5 Å². The van der Waals surface area contributed by atoms with E-state index in [9.17, 15) is 9.18 Å². The number of hydrogen-bond donors (Lipinski definition) is 1. The standard InChI is InChI=1S/C22H28FN5OS/c1-16(17-2-4-19(23)5-3-17)26-22(29)18-6-8-27(9-7-18)20-14-21(25-15-24-20)28-10-12-30-13-11-28/h2-5,14-16,18H,6-13H2,1H3,(H,26,29). The Labute approximate surface area is 181 Å². The molecule has 6 nitrogen and oxygen atoms in total. The van der Waals surface area contributed by atoms with Gasteiger partial charge in [0.05, 0.1) is 6.04 Å². The predicted molar refractivity (Wildman–Crippen MR) is 119 cm³/mol. The van der Waals surface area contributed by atoms with E-state index < -0.39 is 0 Å². The zero-order valence-electron chi connectivity index (χ0n) is 17.3. The third-order valence-corrected chi connectivity index (χ3v) is 6.83. The van der Waals surface area contributed by atoms with Gasteiger partial charge in [-0.3, -0.25) is 4.79 Å². The van der Waals surface area contributed by atoms with E-state index in [4.69, 9.17) is 0 Å². The number of nitrogens with zero attached hydrogens (tertiary/aromatic N) is 4. The number of carbonyl (C=O) groups excluding carboxylic acids is 1. The molecular weight excluding hydrogens is 401 g/mol. The van der Waals surface area contributed by atoms with Gasteiger partial charge in [0.25, 0.3) is 0 Å². The molecule has 0 saturated carbocycles. The van der Waals surface area contributed by atoms with Crippen LogP contribution in [0.5, 0.6) is 0 Å². The molecule has 8 heteroatoms. The van der Waals surface area contributed by atoms with Crippen LogP contribution in [0.15, 0.2) is 36.7 Å². The fourth-order valence-corrected chi connectivity index (χ4v) is 4.92. The number of amides is 1. The molecule has 1 unspecified atom stereocenters. The van der Waals surface area contributed by atoms with Crippen molar-refractivity contribution in [2.45, 2.75) is 25.8 Å². The van der Waals surface area contributed by atoms with Crippen LogP contribution in [-0.4, -0.2) is 53.6 Å². The lowest BCUT2D eigenvalue weighted by atomic mass is 9.95. The molecule has 4 rings (SSSR count). The highest BCUT2D eigenvalue weighted by Gasteiger charge is 2.27. The summed E-state index contributed by atoms with van der Waals surface area (Å²) in [5, 5.41) is 3.08. The zero-order chi connectivity index (χ0) is 20.9. The highest BCUT2D eigenvalue weighted by molar-refractivity contribution is 7.99. The van der Waals surface area contributed by atoms with Crippen molar-refractivity contribution in [3.8, 4) is 0 Å². The zero-order valence-corrected chi connectivity index (χ0v) is 18.1. The lowest BCUT2D eigenvalue weighted by Crippen LogP contribution is -2.41. The van der Waals surface area contributed by atoms with Crippen molar-refractivity contribution >= 4 is 29.3 Å². The maximum Gasteiger partial charge on any atom is 0.223 e. The summed E-state index contributed by atoms with van der Waals surface area (Å²) < 4.78 is 13.1. The normalized spacial score (nSPS) is 18.9. The molecule has 3 heterocycles. The molecule has 2 fully saturated rings. The largest absolute Gasteiger partial charge is 0.356 e. The minimum absolute atomic E-state index is 0.00965. The first-order valence-electron chi connectivity index (χ1n) is 10.6. The van der Waals surface area contributed by atoms with Crippen molar-refractivity contribution in [2.24, 2.45) is 5.92 Å². The molecule has 1 amide bonds. The highest BCUT2D eigenvalue weighted by Crippen LogP contribution is 2.26. The van der Waals surface area contributed by atoms with Crippen molar-refractivity contribution in [3.05, 3.63) is 48.0 Å². The third kappa shape index (κ3) is 5.03. The number of aromatic nitrogens is 2. The molecule has 1 aromatic carbocycles. The van der Waals surface area contributed by atoms with Gasteiger partial charge in [0.1, 0.15) is 23.8 Å². The molecule has 0 bridgehead atoms. The minimum atomic E-state index is -0.267. The molecule has 0 aliphatic carbocycles. The van der Waals surface area contributed by atoms with E-state index in [1.807, 2.05) is 18.7 Å². The monoisotopic (exact) mass is 429 g/mol. The van der Waals surface area contributed by atoms with Gasteiger partial charge in [0.15, 0.2) is 0 Å². The van der Waals surface area contributed by atoms with Crippen molar-refractivity contribution < 1.29 is 9.18 Å². The summed E-state index contributed by atoms with van der Waals surface area (Å²) in [5.41, 5.74) is 0.909. The SMILES string of the molecule is CC(NC(=O)C1CCN(c2cc(N3CCSCC3)ncn2)CC1)c1ccc(F)cc1. The molecule has 1 N–H and O–H groups in total. The van der Waals surface area contributed by atoms with Crippen LogP contribution in [0.25, 0.3) is 0 Å². The molecule has 1 aromatic heterocycles. The van der Waals surface area contributed by atoms with E-state index in [0.29, 0.717) is 0 Å². The van der Waals surface area contributed by atoms with Gasteiger partial charge in [-0.05, 0) is 37.5 Å². The predicted octanol–water partition coefficient (Wildman–Crippen LogP) is 3.26. The molecule has 0 spiro atoms. The Kier molecular flexibility index (Phi) is 6.72. The Bertz CT molecular complexity index is 851. The smallest absolute Gasteiger partial charge is 0.223 e. The second-order valence-electron chi connectivity index (χ2n) is 7.88. The lowest BCUT2D eigenvalue weighted by molar-refractivity contribution is -0.126. The van der Waals surface area contributed by atoms with E-state index in [1.54, 1.807) is 18.5 Å². The number of anilines is 2. The average Bonchev–Trinajstić information content (AvgIpc) is 2.80. The molecular formula is C22H28FN5OS. The van der Waals surface area contributed by atoms with Crippen LogP contribution in [0.3, 0.4) is 0 Å². The molecule has 2 aliphatic rings. The van der Waals surface area contributed by atoms with Crippen molar-refractivity contribution in [3.63, 3.8) is 0 Å². The van der Waals surface area contributed by atoms with Crippen LogP contribution in [0, 0.1) is 11.7 Å². The van der Waals surface area contributed by atoms with Crippen LogP contribution in [0.2, 0.25) is 0 Å². The number of hydrogen-bond acceptors (Lipinski definition) is 6. The summed E-state index contributed by atoms with van der Waals surface area (Å²) in [6, 6.07) is 8.23. The molecule has 160 valence electrons. The van der Waals surface area contributed by atoms with Crippen LogP contribution in [0.4, 0.5) is 16.0 Å². The van der Waals surface area contributed by atoms with Crippen LogP contribution >= 0.6 is 11.8 Å². The summed E-state index contributed by atoms with van der Waals surface area (Å²) in [4.78, 5) is 26.2. The van der Waals surface area contributed by atoms with Gasteiger partial charge in [-0.15, -0.1) is 0 Å². The Morgan fingerprint density at radius 2 is 1.67 bits per heavy atom. The van der Waals surface area contributed by atoms with Gasteiger partial charge < -0.3 is 15.1 Å². The topological polar surface area (TPSA) is 61.4 Å². The average molecular weight is 430 g/mol. The minimum Gasteiger partial charge on any atom is -0.356 e. The van der Waals surface area contributed by atoms with Crippen LogP contribution in [-0.2, 0) is 4.79 Å². The number of nitrogens with one attached hydrogen (secondary N) is 1. The van der Waals surface area contributed by atoms with Crippen LogP contribution in [0.1, 0.15) is 31.4 Å². The Morgan fingerprint density at radius 3 is 2.30 bits per heavy atom. The summed E-state index contributed by atoms with van der Waals surface area (Å²) >= 11 is 1.98. The van der Waals surface area contributed by atoms with E-state index in [1.165, 1.54) is 12.1 Å². The van der Waals surface area contributed by atoms with E-state index in [2.05, 4.69) is 31.2 Å². The van der Waals surface area contributed by atoms with Gasteiger partial charge in [-0.2, -0.15) is 11.8 Å². The first-order valence-corrected chi connectivity index (χ1v) is 11.7. The Hall–Kier alpha value is -2.35. The van der Waals surface area contributed by atoms with Gasteiger partial charge in [0.2, 0.25) is 5.91 Å². The molecule has 1 atom stereocenters. The molecule has 2 saturated heterocycles. The highest BCUT2D eigenvalue weighted by atomic mass is 32.2. The summed E-state index contributed by atoms with van der Waals surface area (Å²) in [7, 11) is 0. The third-order valence-electron chi connectivity index (χ3n) is 5.89. The summed E-state index contributed by atoms with van der Waals surface area (Å²) in [6.45, 7) is 5.58. The first-order chi connectivity index (χ1) is 14.6. The van der Waals surface area contributed by atoms with Gasteiger partial charge >= 0.3 is 0 Å². The number of thioether (sulfide) groups is 1. The molecule has 30 heavy (non-hydrogen) atoms. The van der Waals surface area contributed by atoms with Gasteiger partial charge in [0, 0.05) is 49.7 Å². The fraction of sp³-hybridized carbons (Fsp3) is 0.500.